The van der Waals surface area contributed by atoms with Crippen LogP contribution in [-0.4, -0.2) is 44.4 Å². The Morgan fingerprint density at radius 3 is 2.07 bits per heavy atom. The first-order chi connectivity index (χ1) is 6.95. The van der Waals surface area contributed by atoms with Crippen molar-refractivity contribution in [3.8, 4) is 0 Å². The zero-order chi connectivity index (χ0) is 11.6. The summed E-state index contributed by atoms with van der Waals surface area (Å²) in [6.07, 6.45) is 1.38. The molecule has 0 amide bonds. The Morgan fingerprint density at radius 2 is 1.80 bits per heavy atom. The number of hydrogen-bond donors (Lipinski definition) is 0. The van der Waals surface area contributed by atoms with Crippen molar-refractivity contribution in [2.75, 3.05) is 20.3 Å². The first-order valence-electron chi connectivity index (χ1n) is 6.39. The molecule has 1 rings (SSSR count). The Kier molecular flexibility index (Phi) is 4.38. The van der Waals surface area contributed by atoms with Gasteiger partial charge in [0.15, 0.2) is 0 Å². The third-order valence-electron chi connectivity index (χ3n) is 4.31. The van der Waals surface area contributed by atoms with Gasteiger partial charge in [-0.15, -0.1) is 0 Å². The monoisotopic (exact) mass is 228 g/mol. The fraction of sp³-hybridized carbons (Fsp3) is 1.00. The summed E-state index contributed by atoms with van der Waals surface area (Å²) in [7, 11) is 3.45. The molecule has 15 heavy (non-hydrogen) atoms. The van der Waals surface area contributed by atoms with Crippen LogP contribution in [0.5, 0.6) is 0 Å². The molecular weight excluding hydrogens is 200 g/mol. The van der Waals surface area contributed by atoms with Gasteiger partial charge in [0, 0.05) is 26.3 Å². The van der Waals surface area contributed by atoms with E-state index in [0.717, 1.165) is 12.0 Å². The third-order valence-corrected chi connectivity index (χ3v) is 9.58. The molecule has 0 aromatic rings. The minimum Gasteiger partial charge on any atom is -0.248 e. The molecule has 1 aliphatic rings. The van der Waals surface area contributed by atoms with E-state index in [1.807, 2.05) is 0 Å². The second-order valence-electron chi connectivity index (χ2n) is 5.67. The van der Waals surface area contributed by atoms with E-state index in [1.54, 1.807) is 0 Å². The average Bonchev–Trinajstić information content (AvgIpc) is 2.58. The van der Waals surface area contributed by atoms with E-state index in [1.165, 1.54) is 24.3 Å². The summed E-state index contributed by atoms with van der Waals surface area (Å²) in [5.74, 6) is 0.792. The smallest absolute Gasteiger partial charge is 0.0720 e. The lowest BCUT2D eigenvalue weighted by molar-refractivity contribution is 0.000791. The minimum atomic E-state index is -0.948. The molecule has 0 aromatic carbocycles. The summed E-state index contributed by atoms with van der Waals surface area (Å²) < 4.78 is 0. The molecule has 1 fully saturated rings. The van der Waals surface area contributed by atoms with Gasteiger partial charge >= 0.3 is 0 Å². The summed E-state index contributed by atoms with van der Waals surface area (Å²) in [5.41, 5.74) is 0. The fourth-order valence-corrected chi connectivity index (χ4v) is 7.28. The highest BCUT2D eigenvalue weighted by atomic mass is 28.3. The maximum absolute atomic E-state index is 2.63. The molecule has 2 nitrogen and oxygen atoms in total. The van der Waals surface area contributed by atoms with Crippen LogP contribution in [0, 0.1) is 5.92 Å². The van der Waals surface area contributed by atoms with Gasteiger partial charge in [-0.25, -0.2) is 10.0 Å². The molecule has 3 heteroatoms. The molecule has 0 spiro atoms. The van der Waals surface area contributed by atoms with Crippen LogP contribution in [0.4, 0.5) is 0 Å². The Morgan fingerprint density at radius 1 is 1.27 bits per heavy atom. The van der Waals surface area contributed by atoms with Crippen molar-refractivity contribution in [2.45, 2.75) is 51.9 Å². The summed E-state index contributed by atoms with van der Waals surface area (Å²) >= 11 is 0. The topological polar surface area (TPSA) is 6.48 Å². The normalized spacial score (nSPS) is 26.8. The number of nitrogens with zero attached hydrogens (tertiary/aromatic N) is 2. The second kappa shape index (κ2) is 4.98. The lowest BCUT2D eigenvalue weighted by Crippen LogP contribution is -2.45. The average molecular weight is 228 g/mol. The Balaban J connectivity index is 2.81. The highest BCUT2D eigenvalue weighted by Gasteiger charge is 2.44. The molecule has 0 bridgehead atoms. The van der Waals surface area contributed by atoms with Crippen molar-refractivity contribution in [1.82, 2.24) is 10.0 Å². The van der Waals surface area contributed by atoms with Crippen LogP contribution >= 0.6 is 0 Å². The van der Waals surface area contributed by atoms with Crippen LogP contribution in [0.25, 0.3) is 0 Å². The zero-order valence-corrected chi connectivity index (χ0v) is 12.4. The maximum atomic E-state index is 2.63. The van der Waals surface area contributed by atoms with E-state index in [9.17, 15) is 0 Å². The maximum Gasteiger partial charge on any atom is 0.0720 e. The van der Waals surface area contributed by atoms with Gasteiger partial charge in [0.25, 0.3) is 0 Å². The molecule has 90 valence electrons. The van der Waals surface area contributed by atoms with Crippen LogP contribution in [0.15, 0.2) is 0 Å². The van der Waals surface area contributed by atoms with Crippen molar-refractivity contribution < 1.29 is 0 Å². The van der Waals surface area contributed by atoms with Crippen molar-refractivity contribution in [2.24, 2.45) is 5.92 Å². The van der Waals surface area contributed by atoms with Gasteiger partial charge < -0.3 is 0 Å². The quantitative estimate of drug-likeness (QED) is 0.683. The molecule has 1 saturated heterocycles. The Labute approximate surface area is 96.6 Å². The summed E-state index contributed by atoms with van der Waals surface area (Å²) in [6, 6.07) is 5.22. The van der Waals surface area contributed by atoms with E-state index in [0.29, 0.717) is 0 Å². The summed E-state index contributed by atoms with van der Waals surface area (Å²) in [4.78, 5) is 0. The van der Waals surface area contributed by atoms with Gasteiger partial charge in [-0.2, -0.15) is 0 Å². The Hall–Kier alpha value is 0.137. The van der Waals surface area contributed by atoms with E-state index < -0.39 is 8.07 Å². The van der Waals surface area contributed by atoms with E-state index in [4.69, 9.17) is 0 Å². The standard InChI is InChI=1S/C12H28N2Si/c1-7-15(8-2)9-12(11(3)4)14(10-15)13(5)6/h11-12H,7-10H2,1-6H3. The van der Waals surface area contributed by atoms with E-state index >= 15 is 0 Å². The van der Waals surface area contributed by atoms with Crippen LogP contribution < -0.4 is 0 Å². The summed E-state index contributed by atoms with van der Waals surface area (Å²) in [6.45, 7) is 9.56. The fourth-order valence-electron chi connectivity index (χ4n) is 2.85. The molecule has 0 aromatic heterocycles. The van der Waals surface area contributed by atoms with E-state index in [-0.39, 0.29) is 0 Å². The van der Waals surface area contributed by atoms with Gasteiger partial charge in [0.1, 0.15) is 0 Å². The molecule has 0 aliphatic carbocycles. The first-order valence-corrected chi connectivity index (χ1v) is 9.22. The van der Waals surface area contributed by atoms with Crippen molar-refractivity contribution in [3.05, 3.63) is 0 Å². The van der Waals surface area contributed by atoms with Crippen LogP contribution in [0.2, 0.25) is 18.1 Å². The molecule has 1 atom stereocenters. The van der Waals surface area contributed by atoms with Crippen LogP contribution in [0.1, 0.15) is 27.7 Å². The molecule has 0 saturated carbocycles. The molecule has 0 radical (unpaired) electrons. The first kappa shape index (κ1) is 13.2. The van der Waals surface area contributed by atoms with Crippen molar-refractivity contribution >= 4 is 8.07 Å². The van der Waals surface area contributed by atoms with Gasteiger partial charge in [-0.05, 0) is 12.0 Å². The Bertz CT molecular complexity index is 182. The SMILES string of the molecule is CC[Si]1(CC)CC(C(C)C)N(N(C)C)C1. The van der Waals surface area contributed by atoms with Crippen molar-refractivity contribution in [3.63, 3.8) is 0 Å². The zero-order valence-electron chi connectivity index (χ0n) is 11.4. The van der Waals surface area contributed by atoms with Gasteiger partial charge in [-0.3, -0.25) is 0 Å². The number of rotatable bonds is 4. The molecule has 1 heterocycles. The predicted octanol–water partition coefficient (Wildman–Crippen LogP) is 2.83. The molecule has 1 unspecified atom stereocenters. The van der Waals surface area contributed by atoms with Crippen molar-refractivity contribution in [1.29, 1.82) is 0 Å². The molecule has 1 aliphatic heterocycles. The lowest BCUT2D eigenvalue weighted by atomic mass is 10.1. The minimum absolute atomic E-state index is 0.792. The van der Waals surface area contributed by atoms with Gasteiger partial charge in [-0.1, -0.05) is 39.8 Å². The number of hydrazine groups is 1. The van der Waals surface area contributed by atoms with Crippen LogP contribution in [0.3, 0.4) is 0 Å². The van der Waals surface area contributed by atoms with Gasteiger partial charge in [0.05, 0.1) is 8.07 Å². The van der Waals surface area contributed by atoms with Crippen LogP contribution in [-0.2, 0) is 0 Å². The second-order valence-corrected chi connectivity index (χ2v) is 10.8. The lowest BCUT2D eigenvalue weighted by Gasteiger charge is -2.33. The van der Waals surface area contributed by atoms with E-state index in [2.05, 4.69) is 51.8 Å². The molecular formula is C12H28N2Si. The number of hydrogen-bond acceptors (Lipinski definition) is 2. The highest BCUT2D eigenvalue weighted by molar-refractivity contribution is 6.80. The predicted molar refractivity (Wildman–Crippen MR) is 70.5 cm³/mol. The third kappa shape index (κ3) is 2.63. The van der Waals surface area contributed by atoms with Gasteiger partial charge in [0.2, 0.25) is 0 Å². The molecule has 0 N–H and O–H groups in total. The highest BCUT2D eigenvalue weighted by Crippen LogP contribution is 2.36. The largest absolute Gasteiger partial charge is 0.248 e. The summed E-state index contributed by atoms with van der Waals surface area (Å²) in [5, 5.41) is 4.95.